The second kappa shape index (κ2) is 12.2. The summed E-state index contributed by atoms with van der Waals surface area (Å²) in [5.41, 5.74) is -3.11. The molecule has 0 saturated carbocycles. The summed E-state index contributed by atoms with van der Waals surface area (Å²) in [5.74, 6) is -1.26. The van der Waals surface area contributed by atoms with Crippen LogP contribution < -0.4 is 4.74 Å². The maximum Gasteiger partial charge on any atom is 0.422 e. The number of carbonyl (C=O) groups is 1. The first kappa shape index (κ1) is 32.7. The third kappa shape index (κ3) is 6.21. The molecule has 1 aliphatic rings. The smallest absolute Gasteiger partial charge is 0.422 e. The Balaban J connectivity index is 1.45. The minimum atomic E-state index is -5.20. The Bertz CT molecular complexity index is 1940. The molecule has 1 atom stereocenters. The van der Waals surface area contributed by atoms with Crippen LogP contribution in [0, 0.1) is 10.1 Å². The largest absolute Gasteiger partial charge is 0.495 e. The topological polar surface area (TPSA) is 152 Å². The number of halogens is 3. The van der Waals surface area contributed by atoms with Gasteiger partial charge in [-0.15, -0.1) is 0 Å². The molecule has 0 radical (unpaired) electrons. The van der Waals surface area contributed by atoms with Crippen LogP contribution in [-0.2, 0) is 26.8 Å². The van der Waals surface area contributed by atoms with E-state index >= 15 is 0 Å². The Morgan fingerprint density at radius 1 is 1.11 bits per heavy atom. The van der Waals surface area contributed by atoms with E-state index in [9.17, 15) is 41.6 Å². The summed E-state index contributed by atoms with van der Waals surface area (Å²) in [5, 5.41) is 30.6. The predicted molar refractivity (Wildman–Crippen MR) is 161 cm³/mol. The molecule has 46 heavy (non-hydrogen) atoms. The molecule has 1 fully saturated rings. The van der Waals surface area contributed by atoms with E-state index in [4.69, 9.17) is 9.84 Å². The molecule has 0 spiro atoms. The monoisotopic (exact) mass is 659 g/mol. The van der Waals surface area contributed by atoms with Crippen molar-refractivity contribution in [3.8, 4) is 5.75 Å². The molecule has 11 nitrogen and oxygen atoms in total. The zero-order valence-electron chi connectivity index (χ0n) is 24.2. The summed E-state index contributed by atoms with van der Waals surface area (Å²) >= 11 is 0. The van der Waals surface area contributed by atoms with Gasteiger partial charge in [0.15, 0.2) is 9.84 Å². The van der Waals surface area contributed by atoms with Crippen LogP contribution in [0.5, 0.6) is 5.75 Å². The van der Waals surface area contributed by atoms with Gasteiger partial charge in [-0.25, -0.2) is 13.2 Å². The van der Waals surface area contributed by atoms with Gasteiger partial charge in [-0.05, 0) is 35.4 Å². The van der Waals surface area contributed by atoms with Crippen LogP contribution in [0.3, 0.4) is 0 Å². The van der Waals surface area contributed by atoms with Crippen LogP contribution in [0.2, 0.25) is 0 Å². The van der Waals surface area contributed by atoms with E-state index < -0.39 is 49.9 Å². The lowest BCUT2D eigenvalue weighted by Gasteiger charge is -2.43. The van der Waals surface area contributed by atoms with Crippen molar-refractivity contribution in [1.29, 1.82) is 0 Å². The maximum absolute atomic E-state index is 14.8. The molecule has 1 unspecified atom stereocenters. The summed E-state index contributed by atoms with van der Waals surface area (Å²) in [6, 6.07) is 16.1. The number of ether oxygens (including phenoxy) is 1. The SMILES string of the molecule is COc1cc(/C=C/C(=O)O)ccc1S(=O)(=O)C1CN(CC(O)(c2cn(Cc3ccccc3)c3cc([N+](=O)[O-])ccc23)C(F)(F)F)C1. The van der Waals surface area contributed by atoms with Gasteiger partial charge in [-0.3, -0.25) is 15.0 Å². The number of carboxylic acids is 1. The number of carboxylic acid groups (broad SMARTS) is 1. The number of aliphatic carboxylic acids is 1. The number of fused-ring (bicyclic) bond motifs is 1. The number of likely N-dealkylation sites (tertiary alicyclic amines) is 1. The van der Waals surface area contributed by atoms with Crippen molar-refractivity contribution in [2.24, 2.45) is 0 Å². The average Bonchev–Trinajstić information content (AvgIpc) is 3.35. The van der Waals surface area contributed by atoms with E-state index in [0.29, 0.717) is 11.1 Å². The minimum absolute atomic E-state index is 0.0344. The highest BCUT2D eigenvalue weighted by molar-refractivity contribution is 7.92. The Morgan fingerprint density at radius 3 is 2.41 bits per heavy atom. The number of hydrogen-bond acceptors (Lipinski definition) is 8. The highest BCUT2D eigenvalue weighted by Gasteiger charge is 2.58. The number of rotatable bonds is 11. The van der Waals surface area contributed by atoms with Crippen LogP contribution in [0.25, 0.3) is 17.0 Å². The van der Waals surface area contributed by atoms with Gasteiger partial charge in [0.1, 0.15) is 10.6 Å². The molecule has 2 heterocycles. The van der Waals surface area contributed by atoms with E-state index in [-0.39, 0.29) is 46.9 Å². The quantitative estimate of drug-likeness (QED) is 0.134. The second-order valence-corrected chi connectivity index (χ2v) is 13.1. The zero-order chi connectivity index (χ0) is 33.4. The number of methoxy groups -OCH3 is 1. The van der Waals surface area contributed by atoms with Crippen molar-refractivity contribution in [3.63, 3.8) is 0 Å². The molecule has 0 amide bonds. The lowest BCUT2D eigenvalue weighted by Crippen LogP contribution is -2.61. The Morgan fingerprint density at radius 2 is 1.80 bits per heavy atom. The second-order valence-electron chi connectivity index (χ2n) is 10.9. The van der Waals surface area contributed by atoms with E-state index in [1.165, 1.54) is 46.9 Å². The fourth-order valence-corrected chi connectivity index (χ4v) is 7.36. The third-order valence-electron chi connectivity index (χ3n) is 7.91. The summed E-state index contributed by atoms with van der Waals surface area (Å²) in [7, 11) is -2.86. The number of nitro groups is 1. The summed E-state index contributed by atoms with van der Waals surface area (Å²) in [6.45, 7) is -1.55. The van der Waals surface area contributed by atoms with Gasteiger partial charge in [-0.1, -0.05) is 36.4 Å². The summed E-state index contributed by atoms with van der Waals surface area (Å²) < 4.78 is 77.7. The number of aromatic nitrogens is 1. The Kier molecular flexibility index (Phi) is 8.68. The maximum atomic E-state index is 14.8. The van der Waals surface area contributed by atoms with Crippen LogP contribution in [0.4, 0.5) is 18.9 Å². The first-order valence-electron chi connectivity index (χ1n) is 13.8. The van der Waals surface area contributed by atoms with Gasteiger partial charge < -0.3 is 19.5 Å². The van der Waals surface area contributed by atoms with Crippen molar-refractivity contribution >= 4 is 38.5 Å². The molecule has 5 rings (SSSR count). The van der Waals surface area contributed by atoms with E-state index in [2.05, 4.69) is 0 Å². The fraction of sp³-hybridized carbons (Fsp3) is 0.258. The number of sulfone groups is 1. The standard InChI is InChI=1S/C31H28F3N3O8S/c1-45-27-13-20(8-12-29(38)39)7-11-28(27)46(43,44)23-16-35(17-23)19-30(40,31(32,33)34)25-18-36(15-21-5-3-2-4-6-21)26-14-22(37(41)42)9-10-24(25)26/h2-14,18,23,40H,15-17,19H2,1H3,(H,38,39)/b12-8+. The lowest BCUT2D eigenvalue weighted by molar-refractivity contribution is -0.384. The summed E-state index contributed by atoms with van der Waals surface area (Å²) in [4.78, 5) is 22.6. The molecule has 1 saturated heterocycles. The zero-order valence-corrected chi connectivity index (χ0v) is 25.0. The van der Waals surface area contributed by atoms with E-state index in [0.717, 1.165) is 24.4 Å². The Hall–Kier alpha value is -4.73. The van der Waals surface area contributed by atoms with Crippen molar-refractivity contribution in [3.05, 3.63) is 106 Å². The number of nitrogens with zero attached hydrogens (tertiary/aromatic N) is 3. The first-order valence-corrected chi connectivity index (χ1v) is 15.3. The van der Waals surface area contributed by atoms with Gasteiger partial charge in [0.25, 0.3) is 5.69 Å². The van der Waals surface area contributed by atoms with Crippen LogP contribution in [-0.4, -0.2) is 77.2 Å². The van der Waals surface area contributed by atoms with Crippen molar-refractivity contribution in [2.75, 3.05) is 26.7 Å². The van der Waals surface area contributed by atoms with E-state index in [1.54, 1.807) is 30.3 Å². The molecular weight excluding hydrogens is 631 g/mol. The number of hydrogen-bond donors (Lipinski definition) is 2. The Labute approximate surface area is 260 Å². The number of β-amino-alcohol motifs (C(OH)–C–C–N with tert-alkyl or cyclic N) is 1. The number of alkyl halides is 3. The number of non-ortho nitro benzene ring substituents is 1. The molecule has 1 aliphatic heterocycles. The van der Waals surface area contributed by atoms with Gasteiger partial charge in [0.05, 0.1) is 22.8 Å². The lowest BCUT2D eigenvalue weighted by atomic mass is 9.90. The van der Waals surface area contributed by atoms with Gasteiger partial charge in [-0.2, -0.15) is 13.2 Å². The molecular formula is C31H28F3N3O8S. The molecule has 1 aromatic heterocycles. The average molecular weight is 660 g/mol. The van der Waals surface area contributed by atoms with Gasteiger partial charge in [0, 0.05) is 61.5 Å². The minimum Gasteiger partial charge on any atom is -0.495 e. The van der Waals surface area contributed by atoms with Crippen LogP contribution in [0.15, 0.2) is 83.9 Å². The van der Waals surface area contributed by atoms with Crippen LogP contribution >= 0.6 is 0 Å². The molecule has 242 valence electrons. The van der Waals surface area contributed by atoms with Gasteiger partial charge in [0.2, 0.25) is 5.60 Å². The molecule has 15 heteroatoms. The fourth-order valence-electron chi connectivity index (χ4n) is 5.50. The highest BCUT2D eigenvalue weighted by Crippen LogP contribution is 2.45. The number of nitro benzene ring substituents is 1. The predicted octanol–water partition coefficient (Wildman–Crippen LogP) is 4.61. The van der Waals surface area contributed by atoms with Gasteiger partial charge >= 0.3 is 12.1 Å². The third-order valence-corrected chi connectivity index (χ3v) is 10.0. The summed E-state index contributed by atoms with van der Waals surface area (Å²) in [6.07, 6.45) is -1.95. The van der Waals surface area contributed by atoms with Crippen molar-refractivity contribution < 1.29 is 46.3 Å². The van der Waals surface area contributed by atoms with Crippen LogP contribution in [0.1, 0.15) is 16.7 Å². The molecule has 4 aromatic rings. The van der Waals surface area contributed by atoms with Crippen molar-refractivity contribution in [2.45, 2.75) is 28.5 Å². The van der Waals surface area contributed by atoms with E-state index in [1.807, 2.05) is 0 Å². The molecule has 2 N–H and O–H groups in total. The number of benzene rings is 3. The van der Waals surface area contributed by atoms with Crippen molar-refractivity contribution in [1.82, 2.24) is 9.47 Å². The molecule has 0 aliphatic carbocycles. The highest BCUT2D eigenvalue weighted by atomic mass is 32.2. The molecule has 3 aromatic carbocycles. The normalized spacial score (nSPS) is 15.9. The first-order chi connectivity index (χ1) is 21.6. The molecule has 0 bridgehead atoms. The number of aliphatic hydroxyl groups is 1.